The molecule has 2 rings (SSSR count). The van der Waals surface area contributed by atoms with Gasteiger partial charge in [-0.2, -0.15) is 0 Å². The molecule has 1 amide bonds. The van der Waals surface area contributed by atoms with Crippen molar-refractivity contribution in [2.45, 2.75) is 13.8 Å². The second kappa shape index (κ2) is 4.92. The van der Waals surface area contributed by atoms with Crippen LogP contribution in [0.15, 0.2) is 42.5 Å². The average Bonchev–Trinajstić information content (AvgIpc) is 2.28. The predicted molar refractivity (Wildman–Crippen MR) is 72.0 cm³/mol. The maximum absolute atomic E-state index is 12.1. The van der Waals surface area contributed by atoms with Crippen molar-refractivity contribution in [2.24, 2.45) is 0 Å². The number of phenols is 1. The van der Waals surface area contributed by atoms with Gasteiger partial charge in [-0.05, 0) is 37.6 Å². The molecule has 0 atom stereocenters. The molecule has 0 unspecified atom stereocenters. The fourth-order valence-corrected chi connectivity index (χ4v) is 1.85. The van der Waals surface area contributed by atoms with Gasteiger partial charge in [0.25, 0.3) is 5.91 Å². The van der Waals surface area contributed by atoms with Crippen LogP contribution in [-0.4, -0.2) is 11.0 Å². The number of hydrogen-bond acceptors (Lipinski definition) is 2. The van der Waals surface area contributed by atoms with Gasteiger partial charge in [-0.15, -0.1) is 0 Å². The number of amides is 1. The first-order valence-electron chi connectivity index (χ1n) is 5.74. The number of aryl methyl sites for hydroxylation is 2. The van der Waals surface area contributed by atoms with Crippen LogP contribution in [-0.2, 0) is 0 Å². The second-order valence-electron chi connectivity index (χ2n) is 4.32. The molecular weight excluding hydrogens is 226 g/mol. The molecule has 3 nitrogen and oxygen atoms in total. The fraction of sp³-hybridized carbons (Fsp3) is 0.133. The number of carbonyl (C=O) groups excluding carboxylic acids is 1. The molecule has 2 aromatic carbocycles. The van der Waals surface area contributed by atoms with Crippen molar-refractivity contribution in [2.75, 3.05) is 5.32 Å². The Bertz CT molecular complexity index is 591. The van der Waals surface area contributed by atoms with Gasteiger partial charge in [0.05, 0.1) is 0 Å². The van der Waals surface area contributed by atoms with Gasteiger partial charge in [-0.1, -0.05) is 23.8 Å². The highest BCUT2D eigenvalue weighted by Gasteiger charge is 2.09. The van der Waals surface area contributed by atoms with Gasteiger partial charge >= 0.3 is 0 Å². The molecule has 18 heavy (non-hydrogen) atoms. The van der Waals surface area contributed by atoms with Crippen molar-refractivity contribution in [1.29, 1.82) is 0 Å². The van der Waals surface area contributed by atoms with Crippen molar-refractivity contribution in [3.05, 3.63) is 59.2 Å². The minimum Gasteiger partial charge on any atom is -0.508 e. The van der Waals surface area contributed by atoms with Gasteiger partial charge in [-0.25, -0.2) is 0 Å². The summed E-state index contributed by atoms with van der Waals surface area (Å²) < 4.78 is 0. The minimum atomic E-state index is -0.168. The van der Waals surface area contributed by atoms with Crippen LogP contribution in [0.3, 0.4) is 0 Å². The van der Waals surface area contributed by atoms with E-state index in [0.717, 1.165) is 11.1 Å². The summed E-state index contributed by atoms with van der Waals surface area (Å²) in [7, 11) is 0. The summed E-state index contributed by atoms with van der Waals surface area (Å²) in [4.78, 5) is 12.1. The lowest BCUT2D eigenvalue weighted by Gasteiger charge is -2.08. The largest absolute Gasteiger partial charge is 0.508 e. The van der Waals surface area contributed by atoms with Crippen molar-refractivity contribution in [3.63, 3.8) is 0 Å². The van der Waals surface area contributed by atoms with Crippen LogP contribution in [0, 0.1) is 13.8 Å². The number of hydrogen-bond donors (Lipinski definition) is 2. The molecule has 0 saturated carbocycles. The number of nitrogens with one attached hydrogen (secondary N) is 1. The Morgan fingerprint density at radius 3 is 2.56 bits per heavy atom. The number of benzene rings is 2. The number of rotatable bonds is 2. The molecule has 0 aliphatic rings. The monoisotopic (exact) mass is 241 g/mol. The number of carbonyl (C=O) groups is 1. The summed E-state index contributed by atoms with van der Waals surface area (Å²) in [6.45, 7) is 3.90. The van der Waals surface area contributed by atoms with Crippen LogP contribution < -0.4 is 5.32 Å². The van der Waals surface area contributed by atoms with Gasteiger partial charge in [0.15, 0.2) is 0 Å². The van der Waals surface area contributed by atoms with Crippen molar-refractivity contribution >= 4 is 11.6 Å². The van der Waals surface area contributed by atoms with Crippen LogP contribution >= 0.6 is 0 Å². The predicted octanol–water partition coefficient (Wildman–Crippen LogP) is 3.26. The lowest BCUT2D eigenvalue weighted by Crippen LogP contribution is -2.13. The smallest absolute Gasteiger partial charge is 0.255 e. The normalized spacial score (nSPS) is 10.1. The summed E-state index contributed by atoms with van der Waals surface area (Å²) >= 11 is 0. The van der Waals surface area contributed by atoms with Gasteiger partial charge in [0, 0.05) is 17.3 Å². The fourth-order valence-electron chi connectivity index (χ4n) is 1.85. The Hall–Kier alpha value is -2.29. The molecule has 2 aromatic rings. The number of aromatic hydroxyl groups is 1. The molecule has 0 aromatic heterocycles. The summed E-state index contributed by atoms with van der Waals surface area (Å²) in [5.74, 6) is -0.0356. The molecule has 0 bridgehead atoms. The standard InChI is InChI=1S/C15H15NO2/c1-10-6-7-14(11(2)8-10)15(18)16-12-4-3-5-13(17)9-12/h3-9,17H,1-2H3,(H,16,18). The third-order valence-electron chi connectivity index (χ3n) is 2.73. The first-order chi connectivity index (χ1) is 8.56. The Labute approximate surface area is 106 Å². The van der Waals surface area contributed by atoms with Crippen molar-refractivity contribution in [3.8, 4) is 5.75 Å². The topological polar surface area (TPSA) is 49.3 Å². The maximum Gasteiger partial charge on any atom is 0.255 e. The van der Waals surface area contributed by atoms with E-state index in [9.17, 15) is 9.90 Å². The summed E-state index contributed by atoms with van der Waals surface area (Å²) in [5, 5.41) is 12.1. The molecule has 0 heterocycles. The molecule has 0 aliphatic carbocycles. The van der Waals surface area contributed by atoms with Gasteiger partial charge in [0.1, 0.15) is 5.75 Å². The van der Waals surface area contributed by atoms with E-state index in [0.29, 0.717) is 11.3 Å². The van der Waals surface area contributed by atoms with E-state index in [4.69, 9.17) is 0 Å². The molecule has 0 fully saturated rings. The number of anilines is 1. The van der Waals surface area contributed by atoms with Crippen molar-refractivity contribution < 1.29 is 9.90 Å². The zero-order chi connectivity index (χ0) is 13.1. The molecular formula is C15H15NO2. The van der Waals surface area contributed by atoms with Crippen LogP contribution in [0.1, 0.15) is 21.5 Å². The second-order valence-corrected chi connectivity index (χ2v) is 4.32. The first-order valence-corrected chi connectivity index (χ1v) is 5.74. The van der Waals surface area contributed by atoms with E-state index in [-0.39, 0.29) is 11.7 Å². The molecule has 0 spiro atoms. The number of phenolic OH excluding ortho intramolecular Hbond substituents is 1. The molecule has 3 heteroatoms. The zero-order valence-electron chi connectivity index (χ0n) is 10.4. The van der Waals surface area contributed by atoms with E-state index in [1.807, 2.05) is 32.0 Å². The maximum atomic E-state index is 12.1. The molecule has 2 N–H and O–H groups in total. The Morgan fingerprint density at radius 2 is 1.89 bits per heavy atom. The quantitative estimate of drug-likeness (QED) is 0.847. The Morgan fingerprint density at radius 1 is 1.11 bits per heavy atom. The van der Waals surface area contributed by atoms with Crippen LogP contribution in [0.4, 0.5) is 5.69 Å². The molecule has 92 valence electrons. The first kappa shape index (κ1) is 12.2. The summed E-state index contributed by atoms with van der Waals surface area (Å²) in [6, 6.07) is 12.2. The Kier molecular flexibility index (Phi) is 3.33. The third kappa shape index (κ3) is 2.69. The summed E-state index contributed by atoms with van der Waals surface area (Å²) in [6.07, 6.45) is 0. The average molecular weight is 241 g/mol. The highest BCUT2D eigenvalue weighted by Crippen LogP contribution is 2.17. The van der Waals surface area contributed by atoms with E-state index in [2.05, 4.69) is 5.32 Å². The molecule has 0 aliphatic heterocycles. The lowest BCUT2D eigenvalue weighted by molar-refractivity contribution is 0.102. The molecule has 0 radical (unpaired) electrons. The van der Waals surface area contributed by atoms with E-state index in [1.54, 1.807) is 18.2 Å². The lowest BCUT2D eigenvalue weighted by atomic mass is 10.1. The zero-order valence-corrected chi connectivity index (χ0v) is 10.4. The van der Waals surface area contributed by atoms with Crippen LogP contribution in [0.25, 0.3) is 0 Å². The van der Waals surface area contributed by atoms with E-state index in [1.165, 1.54) is 6.07 Å². The van der Waals surface area contributed by atoms with E-state index < -0.39 is 0 Å². The highest BCUT2D eigenvalue weighted by atomic mass is 16.3. The molecule has 0 saturated heterocycles. The van der Waals surface area contributed by atoms with Gasteiger partial charge < -0.3 is 10.4 Å². The van der Waals surface area contributed by atoms with Crippen molar-refractivity contribution in [1.82, 2.24) is 0 Å². The highest BCUT2D eigenvalue weighted by molar-refractivity contribution is 6.05. The van der Waals surface area contributed by atoms with E-state index >= 15 is 0 Å². The minimum absolute atomic E-state index is 0.133. The van der Waals surface area contributed by atoms with Crippen LogP contribution in [0.5, 0.6) is 5.75 Å². The van der Waals surface area contributed by atoms with Crippen LogP contribution in [0.2, 0.25) is 0 Å². The van der Waals surface area contributed by atoms with Gasteiger partial charge in [0.2, 0.25) is 0 Å². The van der Waals surface area contributed by atoms with Gasteiger partial charge in [-0.3, -0.25) is 4.79 Å². The Balaban J connectivity index is 2.22. The third-order valence-corrected chi connectivity index (χ3v) is 2.73. The SMILES string of the molecule is Cc1ccc(C(=O)Nc2cccc(O)c2)c(C)c1. The summed E-state index contributed by atoms with van der Waals surface area (Å²) in [5.41, 5.74) is 3.29.